The zero-order chi connectivity index (χ0) is 22.2. The molecule has 0 aliphatic carbocycles. The maximum Gasteiger partial charge on any atom is 0.315 e. The molecule has 1 aliphatic heterocycles. The highest BCUT2D eigenvalue weighted by Crippen LogP contribution is 2.27. The van der Waals surface area contributed by atoms with Crippen molar-refractivity contribution in [2.75, 3.05) is 19.6 Å². The van der Waals surface area contributed by atoms with Gasteiger partial charge in [0.15, 0.2) is 0 Å². The first-order valence-corrected chi connectivity index (χ1v) is 11.2. The Morgan fingerprint density at radius 2 is 1.56 bits per heavy atom. The molecule has 6 nitrogen and oxygen atoms in total. The Hall–Kier alpha value is -3.54. The van der Waals surface area contributed by atoms with E-state index in [0.29, 0.717) is 25.2 Å². The van der Waals surface area contributed by atoms with E-state index in [1.165, 1.54) is 23.7 Å². The summed E-state index contributed by atoms with van der Waals surface area (Å²) < 4.78 is 5.00. The Morgan fingerprint density at radius 3 is 2.12 bits per heavy atom. The quantitative estimate of drug-likeness (QED) is 0.582. The standard InChI is InChI=1S/C26H29N3O3/c30-25(22-14-18-32-19-22)29-16-12-23(13-17-29)28-26(31)27-15-11-24(20-7-3-1-4-8-20)21-9-5-2-6-10-21/h1-10,14,18-19,23-24H,11-13,15-17H2,(H2,27,28,31). The number of nitrogens with one attached hydrogen (secondary N) is 2. The summed E-state index contributed by atoms with van der Waals surface area (Å²) in [5, 5.41) is 6.07. The summed E-state index contributed by atoms with van der Waals surface area (Å²) in [7, 11) is 0. The third kappa shape index (κ3) is 5.58. The summed E-state index contributed by atoms with van der Waals surface area (Å²) in [6, 6.07) is 22.4. The van der Waals surface area contributed by atoms with Crippen LogP contribution in [0.3, 0.4) is 0 Å². The predicted molar refractivity (Wildman–Crippen MR) is 124 cm³/mol. The number of urea groups is 1. The molecule has 2 N–H and O–H groups in total. The number of piperidine rings is 1. The van der Waals surface area contributed by atoms with Crippen molar-refractivity contribution in [3.05, 3.63) is 95.9 Å². The van der Waals surface area contributed by atoms with Crippen molar-refractivity contribution in [2.45, 2.75) is 31.2 Å². The van der Waals surface area contributed by atoms with Crippen molar-refractivity contribution in [3.8, 4) is 0 Å². The highest BCUT2D eigenvalue weighted by atomic mass is 16.3. The molecule has 1 fully saturated rings. The number of carbonyl (C=O) groups is 2. The molecule has 0 spiro atoms. The summed E-state index contributed by atoms with van der Waals surface area (Å²) in [5.41, 5.74) is 3.06. The van der Waals surface area contributed by atoms with Crippen LogP contribution in [0.5, 0.6) is 0 Å². The Kier molecular flexibility index (Phi) is 7.23. The van der Waals surface area contributed by atoms with Crippen molar-refractivity contribution in [2.24, 2.45) is 0 Å². The second-order valence-electron chi connectivity index (χ2n) is 8.14. The molecule has 1 aliphatic rings. The van der Waals surface area contributed by atoms with Gasteiger partial charge >= 0.3 is 6.03 Å². The van der Waals surface area contributed by atoms with Crippen LogP contribution in [0.15, 0.2) is 83.7 Å². The molecule has 0 saturated carbocycles. The van der Waals surface area contributed by atoms with Crippen LogP contribution in [0.2, 0.25) is 0 Å². The molecule has 1 aromatic heterocycles. The molecule has 3 amide bonds. The molecule has 2 heterocycles. The molecule has 0 radical (unpaired) electrons. The molecule has 6 heteroatoms. The number of rotatable bonds is 7. The predicted octanol–water partition coefficient (Wildman–Crippen LogP) is 4.41. The number of hydrogen-bond donors (Lipinski definition) is 2. The summed E-state index contributed by atoms with van der Waals surface area (Å²) in [6.07, 6.45) is 5.28. The van der Waals surface area contributed by atoms with E-state index in [-0.39, 0.29) is 23.9 Å². The van der Waals surface area contributed by atoms with Crippen LogP contribution in [0, 0.1) is 0 Å². The molecule has 166 valence electrons. The van der Waals surface area contributed by atoms with E-state index >= 15 is 0 Å². The molecule has 2 aromatic carbocycles. The lowest BCUT2D eigenvalue weighted by atomic mass is 9.88. The third-order valence-electron chi connectivity index (χ3n) is 6.01. The number of amides is 3. The van der Waals surface area contributed by atoms with Crippen LogP contribution in [-0.4, -0.2) is 42.5 Å². The number of furan rings is 1. The topological polar surface area (TPSA) is 74.6 Å². The Balaban J connectivity index is 1.24. The number of carbonyl (C=O) groups excluding carboxylic acids is 2. The monoisotopic (exact) mass is 431 g/mol. The molecule has 0 unspecified atom stereocenters. The minimum Gasteiger partial charge on any atom is -0.472 e. The van der Waals surface area contributed by atoms with Crippen molar-refractivity contribution >= 4 is 11.9 Å². The van der Waals surface area contributed by atoms with Crippen LogP contribution in [0.25, 0.3) is 0 Å². The Morgan fingerprint density at radius 1 is 0.938 bits per heavy atom. The number of nitrogens with zero attached hydrogens (tertiary/aromatic N) is 1. The lowest BCUT2D eigenvalue weighted by molar-refractivity contribution is 0.0707. The zero-order valence-corrected chi connectivity index (χ0v) is 18.1. The number of likely N-dealkylation sites (tertiary alicyclic amines) is 1. The largest absolute Gasteiger partial charge is 0.472 e. The fourth-order valence-electron chi connectivity index (χ4n) is 4.26. The number of benzene rings is 2. The van der Waals surface area contributed by atoms with E-state index in [1.54, 1.807) is 6.07 Å². The van der Waals surface area contributed by atoms with E-state index in [9.17, 15) is 9.59 Å². The van der Waals surface area contributed by atoms with Crippen LogP contribution >= 0.6 is 0 Å². The molecule has 4 rings (SSSR count). The smallest absolute Gasteiger partial charge is 0.315 e. The first kappa shape index (κ1) is 21.7. The summed E-state index contributed by atoms with van der Waals surface area (Å²) >= 11 is 0. The van der Waals surface area contributed by atoms with Crippen LogP contribution in [0.1, 0.15) is 46.7 Å². The fourth-order valence-corrected chi connectivity index (χ4v) is 4.26. The highest BCUT2D eigenvalue weighted by Gasteiger charge is 2.25. The normalized spacial score (nSPS) is 14.3. The fraction of sp³-hybridized carbons (Fsp3) is 0.308. The average Bonchev–Trinajstić information content (AvgIpc) is 3.38. The first-order valence-electron chi connectivity index (χ1n) is 11.2. The van der Waals surface area contributed by atoms with Gasteiger partial charge in [0.1, 0.15) is 6.26 Å². The summed E-state index contributed by atoms with van der Waals surface area (Å²) in [4.78, 5) is 26.7. The van der Waals surface area contributed by atoms with E-state index in [4.69, 9.17) is 4.42 Å². The van der Waals surface area contributed by atoms with Crippen molar-refractivity contribution in [3.63, 3.8) is 0 Å². The SMILES string of the molecule is O=C(NCCC(c1ccccc1)c1ccccc1)NC1CCN(C(=O)c2ccoc2)CC1. The van der Waals surface area contributed by atoms with Gasteiger partial charge in [0, 0.05) is 31.6 Å². The minimum atomic E-state index is -0.149. The molecular formula is C26H29N3O3. The highest BCUT2D eigenvalue weighted by molar-refractivity contribution is 5.93. The lowest BCUT2D eigenvalue weighted by Gasteiger charge is -2.32. The van der Waals surface area contributed by atoms with Crippen molar-refractivity contribution < 1.29 is 14.0 Å². The van der Waals surface area contributed by atoms with Gasteiger partial charge in [-0.25, -0.2) is 4.79 Å². The van der Waals surface area contributed by atoms with E-state index in [2.05, 4.69) is 59.2 Å². The van der Waals surface area contributed by atoms with Gasteiger partial charge in [0.2, 0.25) is 0 Å². The van der Waals surface area contributed by atoms with E-state index < -0.39 is 0 Å². The molecule has 1 saturated heterocycles. The van der Waals surface area contributed by atoms with Crippen molar-refractivity contribution in [1.29, 1.82) is 0 Å². The lowest BCUT2D eigenvalue weighted by Crippen LogP contribution is -2.49. The van der Waals surface area contributed by atoms with Gasteiger partial charge < -0.3 is 20.0 Å². The van der Waals surface area contributed by atoms with Gasteiger partial charge in [-0.15, -0.1) is 0 Å². The van der Waals surface area contributed by atoms with Crippen LogP contribution in [-0.2, 0) is 0 Å². The van der Waals surface area contributed by atoms with E-state index in [1.807, 2.05) is 17.0 Å². The van der Waals surface area contributed by atoms with E-state index in [0.717, 1.165) is 19.3 Å². The van der Waals surface area contributed by atoms with Gasteiger partial charge in [-0.3, -0.25) is 4.79 Å². The average molecular weight is 432 g/mol. The van der Waals surface area contributed by atoms with Crippen LogP contribution < -0.4 is 10.6 Å². The second kappa shape index (κ2) is 10.7. The zero-order valence-electron chi connectivity index (χ0n) is 18.1. The molecular weight excluding hydrogens is 402 g/mol. The van der Waals surface area contributed by atoms with Gasteiger partial charge in [-0.1, -0.05) is 60.7 Å². The maximum absolute atomic E-state index is 12.5. The van der Waals surface area contributed by atoms with Gasteiger partial charge in [0.25, 0.3) is 5.91 Å². The maximum atomic E-state index is 12.5. The molecule has 0 atom stereocenters. The Labute approximate surface area is 188 Å². The second-order valence-corrected chi connectivity index (χ2v) is 8.14. The minimum absolute atomic E-state index is 0.0190. The van der Waals surface area contributed by atoms with Gasteiger partial charge in [0.05, 0.1) is 11.8 Å². The first-order chi connectivity index (χ1) is 15.7. The summed E-state index contributed by atoms with van der Waals surface area (Å²) in [5.74, 6) is 0.212. The molecule has 32 heavy (non-hydrogen) atoms. The molecule has 3 aromatic rings. The van der Waals surface area contributed by atoms with Crippen LogP contribution in [0.4, 0.5) is 4.79 Å². The van der Waals surface area contributed by atoms with Gasteiger partial charge in [-0.05, 0) is 36.5 Å². The molecule has 0 bridgehead atoms. The summed E-state index contributed by atoms with van der Waals surface area (Å²) in [6.45, 7) is 1.83. The van der Waals surface area contributed by atoms with Gasteiger partial charge in [-0.2, -0.15) is 0 Å². The van der Waals surface area contributed by atoms with Crippen molar-refractivity contribution in [1.82, 2.24) is 15.5 Å². The third-order valence-corrected chi connectivity index (χ3v) is 6.01. The Bertz CT molecular complexity index is 942. The number of hydrogen-bond acceptors (Lipinski definition) is 3.